The van der Waals surface area contributed by atoms with E-state index in [0.717, 1.165) is 11.1 Å². The van der Waals surface area contributed by atoms with Gasteiger partial charge in [-0.3, -0.25) is 4.21 Å². The van der Waals surface area contributed by atoms with E-state index >= 15 is 0 Å². The molecule has 1 unspecified atom stereocenters. The lowest BCUT2D eigenvalue weighted by molar-refractivity contribution is 0.166. The predicted octanol–water partition coefficient (Wildman–Crippen LogP) is 2.86. The average molecular weight is 275 g/mol. The van der Waals surface area contributed by atoms with E-state index < -0.39 is 10.8 Å². The normalized spacial score (nSPS) is 12.3. The number of ether oxygens (including phenoxy) is 1. The molecule has 2 rings (SSSR count). The molecule has 0 spiro atoms. The third-order valence-corrected chi connectivity index (χ3v) is 4.06. The highest BCUT2D eigenvalue weighted by atomic mass is 32.2. The van der Waals surface area contributed by atoms with Crippen LogP contribution in [0.15, 0.2) is 53.4 Å². The lowest BCUT2D eigenvalue weighted by atomic mass is 10.2. The molecule has 0 aromatic heterocycles. The van der Waals surface area contributed by atoms with E-state index in [1.54, 1.807) is 6.07 Å². The number of rotatable bonds is 5. The number of nitrogens with two attached hydrogens (primary N) is 1. The zero-order valence-electron chi connectivity index (χ0n) is 10.8. The van der Waals surface area contributed by atoms with Gasteiger partial charge in [-0.1, -0.05) is 42.5 Å². The number of anilines is 1. The molecule has 0 radical (unpaired) electrons. The Morgan fingerprint density at radius 2 is 1.84 bits per heavy atom. The van der Waals surface area contributed by atoms with Crippen LogP contribution in [0.4, 0.5) is 5.69 Å². The quantitative estimate of drug-likeness (QED) is 0.854. The Bertz CT molecular complexity index is 570. The monoisotopic (exact) mass is 275 g/mol. The summed E-state index contributed by atoms with van der Waals surface area (Å²) in [5.41, 5.74) is 8.51. The molecule has 0 bridgehead atoms. The molecule has 0 heterocycles. The highest BCUT2D eigenvalue weighted by Crippen LogP contribution is 2.20. The van der Waals surface area contributed by atoms with Gasteiger partial charge in [0.2, 0.25) is 0 Å². The molecule has 0 aliphatic carbocycles. The predicted molar refractivity (Wildman–Crippen MR) is 78.1 cm³/mol. The first-order chi connectivity index (χ1) is 9.18. The van der Waals surface area contributed by atoms with Crippen molar-refractivity contribution in [2.45, 2.75) is 18.4 Å². The SMILES string of the molecule is Cc1cccc(S(=O)COCc2ccccc2)c1N. The molecule has 2 N–H and O–H groups in total. The van der Waals surface area contributed by atoms with Gasteiger partial charge < -0.3 is 10.5 Å². The second-order valence-corrected chi connectivity index (χ2v) is 5.65. The van der Waals surface area contributed by atoms with Gasteiger partial charge in [-0.05, 0) is 24.1 Å². The lowest BCUT2D eigenvalue weighted by Crippen LogP contribution is -2.06. The second kappa shape index (κ2) is 6.50. The number of para-hydroxylation sites is 1. The minimum Gasteiger partial charge on any atom is -0.398 e. The Kier molecular flexibility index (Phi) is 4.71. The molecular formula is C15H17NO2S. The summed E-state index contributed by atoms with van der Waals surface area (Å²) < 4.78 is 17.6. The molecular weight excluding hydrogens is 258 g/mol. The van der Waals surface area contributed by atoms with Crippen molar-refractivity contribution in [2.75, 3.05) is 11.7 Å². The minimum absolute atomic E-state index is 0.155. The molecule has 4 heteroatoms. The largest absolute Gasteiger partial charge is 0.398 e. The molecule has 0 aliphatic heterocycles. The van der Waals surface area contributed by atoms with E-state index in [4.69, 9.17) is 10.5 Å². The van der Waals surface area contributed by atoms with Crippen LogP contribution in [0.3, 0.4) is 0 Å². The average Bonchev–Trinajstić information content (AvgIpc) is 2.43. The minimum atomic E-state index is -1.23. The maximum Gasteiger partial charge on any atom is 0.127 e. The van der Waals surface area contributed by atoms with Crippen LogP contribution in [-0.2, 0) is 22.1 Å². The number of nitrogen functional groups attached to an aromatic ring is 1. The van der Waals surface area contributed by atoms with E-state index in [1.807, 2.05) is 49.4 Å². The molecule has 0 saturated carbocycles. The van der Waals surface area contributed by atoms with E-state index in [-0.39, 0.29) is 5.94 Å². The van der Waals surface area contributed by atoms with Crippen molar-refractivity contribution in [1.82, 2.24) is 0 Å². The lowest BCUT2D eigenvalue weighted by Gasteiger charge is -2.08. The standard InChI is InChI=1S/C15H17NO2S/c1-12-6-5-9-14(15(12)16)19(17)11-18-10-13-7-3-2-4-8-13/h2-9H,10-11,16H2,1H3. The van der Waals surface area contributed by atoms with E-state index in [0.29, 0.717) is 17.2 Å². The molecule has 19 heavy (non-hydrogen) atoms. The summed E-state index contributed by atoms with van der Waals surface area (Å²) in [5.74, 6) is 0.155. The van der Waals surface area contributed by atoms with Crippen LogP contribution in [-0.4, -0.2) is 10.1 Å². The van der Waals surface area contributed by atoms with Crippen molar-refractivity contribution in [1.29, 1.82) is 0 Å². The molecule has 0 saturated heterocycles. The molecule has 100 valence electrons. The zero-order valence-corrected chi connectivity index (χ0v) is 11.7. The fraction of sp³-hybridized carbons (Fsp3) is 0.200. The number of hydrogen-bond donors (Lipinski definition) is 1. The fourth-order valence-electron chi connectivity index (χ4n) is 1.73. The summed E-state index contributed by atoms with van der Waals surface area (Å²) in [6, 6.07) is 15.4. The van der Waals surface area contributed by atoms with Crippen LogP contribution in [0.25, 0.3) is 0 Å². The van der Waals surface area contributed by atoms with Crippen molar-refractivity contribution in [3.8, 4) is 0 Å². The maximum atomic E-state index is 12.1. The molecule has 0 amide bonds. The Balaban J connectivity index is 1.93. The summed E-state index contributed by atoms with van der Waals surface area (Å²) in [6.07, 6.45) is 0. The molecule has 0 fully saturated rings. The van der Waals surface area contributed by atoms with Gasteiger partial charge in [0.1, 0.15) is 5.94 Å². The van der Waals surface area contributed by atoms with Crippen LogP contribution < -0.4 is 5.73 Å². The summed E-state index contributed by atoms with van der Waals surface area (Å²) in [4.78, 5) is 0.646. The van der Waals surface area contributed by atoms with Crippen molar-refractivity contribution >= 4 is 16.5 Å². The van der Waals surface area contributed by atoms with Crippen molar-refractivity contribution in [3.05, 3.63) is 59.7 Å². The maximum absolute atomic E-state index is 12.1. The first kappa shape index (κ1) is 13.8. The molecule has 1 atom stereocenters. The van der Waals surface area contributed by atoms with Gasteiger partial charge >= 0.3 is 0 Å². The van der Waals surface area contributed by atoms with Gasteiger partial charge in [0.15, 0.2) is 0 Å². The Morgan fingerprint density at radius 1 is 1.11 bits per heavy atom. The summed E-state index contributed by atoms with van der Waals surface area (Å²) in [7, 11) is -1.23. The van der Waals surface area contributed by atoms with E-state index in [9.17, 15) is 4.21 Å². The Morgan fingerprint density at radius 3 is 2.58 bits per heavy atom. The highest BCUT2D eigenvalue weighted by molar-refractivity contribution is 7.85. The smallest absolute Gasteiger partial charge is 0.127 e. The second-order valence-electron chi connectivity index (χ2n) is 4.28. The van der Waals surface area contributed by atoms with E-state index in [2.05, 4.69) is 0 Å². The van der Waals surface area contributed by atoms with Crippen molar-refractivity contribution in [2.24, 2.45) is 0 Å². The van der Waals surface area contributed by atoms with Crippen LogP contribution in [0.5, 0.6) is 0 Å². The number of benzene rings is 2. The van der Waals surface area contributed by atoms with Crippen LogP contribution in [0.2, 0.25) is 0 Å². The number of hydrogen-bond acceptors (Lipinski definition) is 3. The third kappa shape index (κ3) is 3.66. The summed E-state index contributed by atoms with van der Waals surface area (Å²) in [5, 5.41) is 0. The van der Waals surface area contributed by atoms with Crippen LogP contribution >= 0.6 is 0 Å². The zero-order chi connectivity index (χ0) is 13.7. The van der Waals surface area contributed by atoms with Gasteiger partial charge in [0.05, 0.1) is 28.0 Å². The van der Waals surface area contributed by atoms with Crippen LogP contribution in [0, 0.1) is 6.92 Å². The highest BCUT2D eigenvalue weighted by Gasteiger charge is 2.09. The molecule has 3 nitrogen and oxygen atoms in total. The van der Waals surface area contributed by atoms with Gasteiger partial charge in [-0.15, -0.1) is 0 Å². The first-order valence-corrected chi connectivity index (χ1v) is 7.35. The van der Waals surface area contributed by atoms with Gasteiger partial charge in [0.25, 0.3) is 0 Å². The fourth-order valence-corrected chi connectivity index (χ4v) is 2.72. The molecule has 0 aliphatic rings. The Hall–Kier alpha value is -1.65. The summed E-state index contributed by atoms with van der Waals surface area (Å²) in [6.45, 7) is 2.36. The van der Waals surface area contributed by atoms with Gasteiger partial charge in [0, 0.05) is 0 Å². The van der Waals surface area contributed by atoms with Crippen LogP contribution in [0.1, 0.15) is 11.1 Å². The van der Waals surface area contributed by atoms with Gasteiger partial charge in [-0.25, -0.2) is 0 Å². The number of aryl methyl sites for hydroxylation is 1. The summed E-state index contributed by atoms with van der Waals surface area (Å²) >= 11 is 0. The van der Waals surface area contributed by atoms with Crippen molar-refractivity contribution in [3.63, 3.8) is 0 Å². The third-order valence-electron chi connectivity index (χ3n) is 2.83. The topological polar surface area (TPSA) is 52.3 Å². The van der Waals surface area contributed by atoms with Crippen molar-refractivity contribution < 1.29 is 8.95 Å². The van der Waals surface area contributed by atoms with Gasteiger partial charge in [-0.2, -0.15) is 0 Å². The molecule has 2 aromatic carbocycles. The first-order valence-electron chi connectivity index (χ1n) is 6.03. The Labute approximate surface area is 115 Å². The van der Waals surface area contributed by atoms with E-state index in [1.165, 1.54) is 0 Å². The molecule has 2 aromatic rings.